The number of benzene rings is 2. The highest BCUT2D eigenvalue weighted by Crippen LogP contribution is 2.36. The molecule has 0 aliphatic heterocycles. The summed E-state index contributed by atoms with van der Waals surface area (Å²) in [6.07, 6.45) is 0. The maximum atomic E-state index is 12.2. The van der Waals surface area contributed by atoms with Crippen molar-refractivity contribution in [3.63, 3.8) is 0 Å². The van der Waals surface area contributed by atoms with E-state index in [0.717, 1.165) is 16.8 Å². The van der Waals surface area contributed by atoms with E-state index in [1.807, 2.05) is 39.0 Å². The highest BCUT2D eigenvalue weighted by molar-refractivity contribution is 9.10. The van der Waals surface area contributed by atoms with Gasteiger partial charge in [0.05, 0.1) is 22.7 Å². The largest absolute Gasteiger partial charge is 0.490 e. The molecule has 1 N–H and O–H groups in total. The Morgan fingerprint density at radius 3 is 2.44 bits per heavy atom. The van der Waals surface area contributed by atoms with Gasteiger partial charge in [0, 0.05) is 11.8 Å². The van der Waals surface area contributed by atoms with Crippen molar-refractivity contribution in [2.24, 2.45) is 0 Å². The molecule has 25 heavy (non-hydrogen) atoms. The van der Waals surface area contributed by atoms with E-state index in [9.17, 15) is 4.79 Å². The van der Waals surface area contributed by atoms with E-state index in [0.29, 0.717) is 28.1 Å². The first-order valence-electron chi connectivity index (χ1n) is 7.80. The average Bonchev–Trinajstić information content (AvgIpc) is 2.53. The van der Waals surface area contributed by atoms with Crippen molar-refractivity contribution in [3.05, 3.63) is 51.5 Å². The average molecular weight is 403 g/mol. The van der Waals surface area contributed by atoms with Crippen LogP contribution in [0.15, 0.2) is 34.8 Å². The second-order valence-electron chi connectivity index (χ2n) is 5.54. The predicted octanol–water partition coefficient (Wildman–Crippen LogP) is 4.35. The number of anilines is 1. The molecule has 0 spiro atoms. The Kier molecular flexibility index (Phi) is 6.43. The summed E-state index contributed by atoms with van der Waals surface area (Å²) in [5, 5.41) is 11.9. The lowest BCUT2D eigenvalue weighted by molar-refractivity contribution is -0.118. The zero-order valence-electron chi connectivity index (χ0n) is 14.4. The van der Waals surface area contributed by atoms with Crippen molar-refractivity contribution < 1.29 is 14.3 Å². The number of rotatable bonds is 6. The molecule has 6 heteroatoms. The first kappa shape index (κ1) is 18.8. The van der Waals surface area contributed by atoms with E-state index in [1.165, 1.54) is 0 Å². The molecule has 0 fully saturated rings. The Morgan fingerprint density at radius 2 is 1.84 bits per heavy atom. The number of carbonyl (C=O) groups is 1. The number of nitrogens with zero attached hydrogens (tertiary/aromatic N) is 1. The molecular formula is C19H19BrN2O3. The monoisotopic (exact) mass is 402 g/mol. The minimum atomic E-state index is -0.274. The number of amides is 1. The molecule has 2 aromatic rings. The van der Waals surface area contributed by atoms with Crippen LogP contribution in [0.1, 0.15) is 23.6 Å². The van der Waals surface area contributed by atoms with Crippen LogP contribution in [-0.4, -0.2) is 19.1 Å². The summed E-state index contributed by atoms with van der Waals surface area (Å²) in [5.74, 6) is 0.549. The van der Waals surface area contributed by atoms with Crippen molar-refractivity contribution in [1.82, 2.24) is 0 Å². The Morgan fingerprint density at radius 1 is 1.16 bits per heavy atom. The Balaban J connectivity index is 2.10. The van der Waals surface area contributed by atoms with Gasteiger partial charge in [-0.3, -0.25) is 4.79 Å². The molecule has 0 unspecified atom stereocenters. The third-order valence-electron chi connectivity index (χ3n) is 3.29. The van der Waals surface area contributed by atoms with Crippen molar-refractivity contribution in [2.45, 2.75) is 20.8 Å². The van der Waals surface area contributed by atoms with Gasteiger partial charge in [0.1, 0.15) is 0 Å². The van der Waals surface area contributed by atoms with Crippen molar-refractivity contribution in [3.8, 4) is 17.6 Å². The van der Waals surface area contributed by atoms with Crippen LogP contribution in [0.5, 0.6) is 11.5 Å². The highest BCUT2D eigenvalue weighted by Gasteiger charge is 2.14. The summed E-state index contributed by atoms with van der Waals surface area (Å²) in [5.41, 5.74) is 3.33. The smallest absolute Gasteiger partial charge is 0.262 e. The number of carbonyl (C=O) groups excluding carboxylic acids is 1. The van der Waals surface area contributed by atoms with Crippen LogP contribution >= 0.6 is 15.9 Å². The topological polar surface area (TPSA) is 71.3 Å². The molecule has 0 heterocycles. The zero-order chi connectivity index (χ0) is 18.4. The summed E-state index contributed by atoms with van der Waals surface area (Å²) in [4.78, 5) is 12.2. The number of ether oxygens (including phenoxy) is 2. The van der Waals surface area contributed by atoms with Gasteiger partial charge in [0.25, 0.3) is 5.91 Å². The van der Waals surface area contributed by atoms with Crippen LogP contribution in [0, 0.1) is 25.2 Å². The van der Waals surface area contributed by atoms with E-state index >= 15 is 0 Å². The number of halogens is 1. The van der Waals surface area contributed by atoms with Crippen LogP contribution in [0.25, 0.3) is 0 Å². The third kappa shape index (κ3) is 5.23. The normalized spacial score (nSPS) is 10.0. The molecule has 0 radical (unpaired) electrons. The second kappa shape index (κ2) is 8.54. The molecule has 2 aromatic carbocycles. The first-order valence-corrected chi connectivity index (χ1v) is 8.59. The number of hydrogen-bond donors (Lipinski definition) is 1. The lowest BCUT2D eigenvalue weighted by atomic mass is 10.1. The maximum absolute atomic E-state index is 12.2. The molecule has 2 rings (SSSR count). The number of nitrogens with one attached hydrogen (secondary N) is 1. The lowest BCUT2D eigenvalue weighted by Crippen LogP contribution is -2.20. The number of aryl methyl sites for hydroxylation is 2. The van der Waals surface area contributed by atoms with E-state index in [1.54, 1.807) is 12.1 Å². The van der Waals surface area contributed by atoms with Gasteiger partial charge >= 0.3 is 0 Å². The van der Waals surface area contributed by atoms with Crippen LogP contribution in [0.3, 0.4) is 0 Å². The molecule has 0 saturated heterocycles. The van der Waals surface area contributed by atoms with Gasteiger partial charge in [-0.2, -0.15) is 5.26 Å². The minimum absolute atomic E-state index is 0.169. The van der Waals surface area contributed by atoms with Crippen molar-refractivity contribution in [1.29, 1.82) is 5.26 Å². The van der Waals surface area contributed by atoms with Gasteiger partial charge in [-0.1, -0.05) is 6.07 Å². The molecule has 130 valence electrons. The molecule has 5 nitrogen and oxygen atoms in total. The molecule has 1 amide bonds. The van der Waals surface area contributed by atoms with Crippen LogP contribution in [0.2, 0.25) is 0 Å². The van der Waals surface area contributed by atoms with Gasteiger partial charge in [-0.05, 0) is 66.0 Å². The second-order valence-corrected chi connectivity index (χ2v) is 6.40. The summed E-state index contributed by atoms with van der Waals surface area (Å²) in [6, 6.07) is 11.1. The van der Waals surface area contributed by atoms with Gasteiger partial charge in [0.15, 0.2) is 18.1 Å². The molecule has 0 aliphatic carbocycles. The van der Waals surface area contributed by atoms with Gasteiger partial charge in [0.2, 0.25) is 0 Å². The fraction of sp³-hybridized carbons (Fsp3) is 0.263. The quantitative estimate of drug-likeness (QED) is 0.778. The predicted molar refractivity (Wildman–Crippen MR) is 100 cm³/mol. The van der Waals surface area contributed by atoms with Crippen LogP contribution in [0.4, 0.5) is 5.69 Å². The molecule has 0 atom stereocenters. The molecule has 0 bridgehead atoms. The number of hydrogen-bond acceptors (Lipinski definition) is 4. The zero-order valence-corrected chi connectivity index (χ0v) is 15.9. The molecular weight excluding hydrogens is 384 g/mol. The Bertz CT molecular complexity index is 808. The summed E-state index contributed by atoms with van der Waals surface area (Å²) in [6.45, 7) is 6.04. The van der Waals surface area contributed by atoms with Gasteiger partial charge in [-0.25, -0.2) is 0 Å². The summed E-state index contributed by atoms with van der Waals surface area (Å²) >= 11 is 3.36. The molecule has 0 aliphatic rings. The standard InChI is InChI=1S/C19H19BrN2O3/c1-4-24-17-9-14(10-21)8-16(20)19(17)25-11-18(23)22-15-6-12(2)5-13(3)7-15/h5-9H,4,11H2,1-3H3,(H,22,23). The van der Waals surface area contributed by atoms with Gasteiger partial charge < -0.3 is 14.8 Å². The third-order valence-corrected chi connectivity index (χ3v) is 3.88. The fourth-order valence-electron chi connectivity index (χ4n) is 2.42. The van der Waals surface area contributed by atoms with Crippen LogP contribution < -0.4 is 14.8 Å². The highest BCUT2D eigenvalue weighted by atomic mass is 79.9. The summed E-state index contributed by atoms with van der Waals surface area (Å²) in [7, 11) is 0. The van der Waals surface area contributed by atoms with E-state index < -0.39 is 0 Å². The molecule has 0 aromatic heterocycles. The maximum Gasteiger partial charge on any atom is 0.262 e. The minimum Gasteiger partial charge on any atom is -0.490 e. The lowest BCUT2D eigenvalue weighted by Gasteiger charge is -2.14. The van der Waals surface area contributed by atoms with E-state index in [2.05, 4.69) is 27.3 Å². The Labute approximate surface area is 155 Å². The Hall–Kier alpha value is -2.52. The number of nitriles is 1. The van der Waals surface area contributed by atoms with Crippen molar-refractivity contribution >= 4 is 27.5 Å². The van der Waals surface area contributed by atoms with E-state index in [-0.39, 0.29) is 12.5 Å². The van der Waals surface area contributed by atoms with Crippen molar-refractivity contribution in [2.75, 3.05) is 18.5 Å². The molecule has 0 saturated carbocycles. The summed E-state index contributed by atoms with van der Waals surface area (Å²) < 4.78 is 11.7. The van der Waals surface area contributed by atoms with Gasteiger partial charge in [-0.15, -0.1) is 0 Å². The van der Waals surface area contributed by atoms with E-state index in [4.69, 9.17) is 14.7 Å². The fourth-order valence-corrected chi connectivity index (χ4v) is 2.97. The SMILES string of the molecule is CCOc1cc(C#N)cc(Br)c1OCC(=O)Nc1cc(C)cc(C)c1. The first-order chi connectivity index (χ1) is 11.9. The van der Waals surface area contributed by atoms with Crippen LogP contribution in [-0.2, 0) is 4.79 Å².